The van der Waals surface area contributed by atoms with Crippen molar-refractivity contribution in [2.75, 3.05) is 4.72 Å². The van der Waals surface area contributed by atoms with E-state index >= 15 is 0 Å². The van der Waals surface area contributed by atoms with E-state index in [1.807, 2.05) is 0 Å². The van der Waals surface area contributed by atoms with Crippen LogP contribution in [0.4, 0.5) is 5.69 Å². The minimum absolute atomic E-state index is 0.237. The fourth-order valence-corrected chi connectivity index (χ4v) is 5.50. The Kier molecular flexibility index (Phi) is 4.47. The summed E-state index contributed by atoms with van der Waals surface area (Å²) in [4.78, 5) is 0.938. The van der Waals surface area contributed by atoms with Crippen molar-refractivity contribution in [3.63, 3.8) is 0 Å². The van der Waals surface area contributed by atoms with Crippen molar-refractivity contribution in [1.82, 2.24) is 0 Å². The molecule has 1 N–H and O–H groups in total. The van der Waals surface area contributed by atoms with Crippen LogP contribution in [0.5, 0.6) is 0 Å². The molecule has 19 heavy (non-hydrogen) atoms. The Labute approximate surface area is 133 Å². The fourth-order valence-electron chi connectivity index (χ4n) is 1.52. The summed E-state index contributed by atoms with van der Waals surface area (Å²) in [5, 5.41) is 0.738. The normalized spacial score (nSPS) is 11.6. The van der Waals surface area contributed by atoms with E-state index in [1.165, 1.54) is 29.5 Å². The molecule has 0 radical (unpaired) electrons. The molecule has 0 bridgehead atoms. The minimum atomic E-state index is -3.64. The van der Waals surface area contributed by atoms with Crippen LogP contribution < -0.4 is 4.72 Å². The molecule has 0 aliphatic rings. The molecular formula is C11H8BrCl2NO2S2. The molecule has 0 spiro atoms. The van der Waals surface area contributed by atoms with Crippen LogP contribution in [0.2, 0.25) is 10.0 Å². The van der Waals surface area contributed by atoms with Gasteiger partial charge in [-0.15, -0.1) is 11.3 Å². The monoisotopic (exact) mass is 399 g/mol. The third-order valence-electron chi connectivity index (χ3n) is 2.25. The topological polar surface area (TPSA) is 46.2 Å². The molecule has 0 fully saturated rings. The third-order valence-corrected chi connectivity index (χ3v) is 5.87. The lowest BCUT2D eigenvalue weighted by Crippen LogP contribution is -2.13. The number of sulfonamides is 1. The van der Waals surface area contributed by atoms with Crippen molar-refractivity contribution in [3.8, 4) is 0 Å². The van der Waals surface area contributed by atoms with Crippen LogP contribution in [-0.2, 0) is 10.0 Å². The van der Waals surface area contributed by atoms with Gasteiger partial charge in [0.1, 0.15) is 4.90 Å². The van der Waals surface area contributed by atoms with Crippen LogP contribution in [0.1, 0.15) is 4.88 Å². The Hall–Kier alpha value is -0.270. The zero-order valence-electron chi connectivity index (χ0n) is 9.58. The van der Waals surface area contributed by atoms with Crippen LogP contribution in [0.3, 0.4) is 0 Å². The predicted octanol–water partition coefficient (Wildman–Crippen LogP) is 4.93. The average Bonchev–Trinajstić information content (AvgIpc) is 2.56. The molecule has 8 heteroatoms. The van der Waals surface area contributed by atoms with E-state index in [9.17, 15) is 8.42 Å². The molecule has 0 atom stereocenters. The van der Waals surface area contributed by atoms with Gasteiger partial charge in [-0.05, 0) is 47.1 Å². The lowest BCUT2D eigenvalue weighted by molar-refractivity contribution is 0.601. The van der Waals surface area contributed by atoms with Crippen molar-refractivity contribution >= 4 is 66.2 Å². The maximum absolute atomic E-state index is 12.2. The number of halogens is 3. The van der Waals surface area contributed by atoms with Crippen molar-refractivity contribution in [2.24, 2.45) is 0 Å². The molecule has 2 aromatic rings. The SMILES string of the molecule is Cc1sc(Br)cc1S(=O)(=O)Nc1cc(Cl)cc(Cl)c1. The van der Waals surface area contributed by atoms with Crippen molar-refractivity contribution < 1.29 is 8.42 Å². The predicted molar refractivity (Wildman–Crippen MR) is 84.0 cm³/mol. The molecular weight excluding hydrogens is 393 g/mol. The zero-order valence-corrected chi connectivity index (χ0v) is 14.3. The smallest absolute Gasteiger partial charge is 0.263 e. The lowest BCUT2D eigenvalue weighted by Gasteiger charge is -2.08. The number of aryl methyl sites for hydroxylation is 1. The van der Waals surface area contributed by atoms with Gasteiger partial charge in [-0.1, -0.05) is 23.2 Å². The number of nitrogens with one attached hydrogen (secondary N) is 1. The lowest BCUT2D eigenvalue weighted by atomic mass is 10.3. The largest absolute Gasteiger partial charge is 0.279 e. The number of hydrogen-bond donors (Lipinski definition) is 1. The Morgan fingerprint density at radius 3 is 2.21 bits per heavy atom. The van der Waals surface area contributed by atoms with Crippen molar-refractivity contribution in [3.05, 3.63) is 43.0 Å². The second kappa shape index (κ2) is 5.61. The molecule has 1 aromatic carbocycles. The maximum Gasteiger partial charge on any atom is 0.263 e. The Balaban J connectivity index is 2.39. The molecule has 102 valence electrons. The summed E-state index contributed by atoms with van der Waals surface area (Å²) < 4.78 is 27.7. The molecule has 0 aliphatic heterocycles. The Morgan fingerprint density at radius 1 is 1.16 bits per heavy atom. The first-order valence-corrected chi connectivity index (χ1v) is 8.87. The number of thiophene rings is 1. The summed E-state index contributed by atoms with van der Waals surface area (Å²) in [7, 11) is -3.64. The van der Waals surface area contributed by atoms with Crippen molar-refractivity contribution in [2.45, 2.75) is 11.8 Å². The zero-order chi connectivity index (χ0) is 14.2. The van der Waals surface area contributed by atoms with Gasteiger partial charge < -0.3 is 0 Å². The minimum Gasteiger partial charge on any atom is -0.279 e. The first kappa shape index (κ1) is 15.1. The van der Waals surface area contributed by atoms with Crippen LogP contribution >= 0.6 is 50.5 Å². The van der Waals surface area contributed by atoms with Gasteiger partial charge in [-0.2, -0.15) is 0 Å². The average molecular weight is 401 g/mol. The second-order valence-corrected chi connectivity index (χ2v) is 8.89. The third kappa shape index (κ3) is 3.64. The van der Waals surface area contributed by atoms with Crippen LogP contribution in [0.25, 0.3) is 0 Å². The van der Waals surface area contributed by atoms with Crippen LogP contribution in [0.15, 0.2) is 32.9 Å². The Morgan fingerprint density at radius 2 is 1.74 bits per heavy atom. The van der Waals surface area contributed by atoms with Gasteiger partial charge in [0, 0.05) is 14.9 Å². The second-order valence-electron chi connectivity index (χ2n) is 3.73. The van der Waals surface area contributed by atoms with Gasteiger partial charge in [0.2, 0.25) is 0 Å². The van der Waals surface area contributed by atoms with Crippen LogP contribution in [0, 0.1) is 6.92 Å². The molecule has 3 nitrogen and oxygen atoms in total. The number of benzene rings is 1. The maximum atomic E-state index is 12.2. The standard InChI is InChI=1S/C11H8BrCl2NO2S2/c1-6-10(5-11(12)18-6)19(16,17)15-9-3-7(13)2-8(14)4-9/h2-5,15H,1H3. The van der Waals surface area contributed by atoms with Gasteiger partial charge in [-0.25, -0.2) is 8.42 Å². The van der Waals surface area contributed by atoms with E-state index in [0.29, 0.717) is 20.6 Å². The van der Waals surface area contributed by atoms with Gasteiger partial charge in [0.25, 0.3) is 10.0 Å². The van der Waals surface area contributed by atoms with E-state index in [-0.39, 0.29) is 4.90 Å². The number of rotatable bonds is 3. The molecule has 0 amide bonds. The molecule has 0 unspecified atom stereocenters. The highest BCUT2D eigenvalue weighted by Gasteiger charge is 2.19. The van der Waals surface area contributed by atoms with Crippen LogP contribution in [-0.4, -0.2) is 8.42 Å². The summed E-state index contributed by atoms with van der Waals surface area (Å²) >= 11 is 16.3. The van der Waals surface area contributed by atoms with Crippen molar-refractivity contribution in [1.29, 1.82) is 0 Å². The number of anilines is 1. The molecule has 0 aliphatic carbocycles. The molecule has 1 heterocycles. The van der Waals surface area contributed by atoms with E-state index in [4.69, 9.17) is 23.2 Å². The first-order valence-electron chi connectivity index (χ1n) is 5.03. The Bertz CT molecular complexity index is 708. The summed E-state index contributed by atoms with van der Waals surface area (Å²) in [6, 6.07) is 6.10. The van der Waals surface area contributed by atoms with E-state index in [2.05, 4.69) is 20.7 Å². The van der Waals surface area contributed by atoms with E-state index in [1.54, 1.807) is 13.0 Å². The summed E-state index contributed by atoms with van der Waals surface area (Å²) in [5.74, 6) is 0. The van der Waals surface area contributed by atoms with Gasteiger partial charge >= 0.3 is 0 Å². The molecule has 0 saturated carbocycles. The first-order chi connectivity index (χ1) is 8.78. The highest BCUT2D eigenvalue weighted by atomic mass is 79.9. The summed E-state index contributed by atoms with van der Waals surface area (Å²) in [6.45, 7) is 1.74. The van der Waals surface area contributed by atoms with Gasteiger partial charge in [-0.3, -0.25) is 4.72 Å². The summed E-state index contributed by atoms with van der Waals surface area (Å²) in [5.41, 5.74) is 0.333. The van der Waals surface area contributed by atoms with Gasteiger partial charge in [0.15, 0.2) is 0 Å². The summed E-state index contributed by atoms with van der Waals surface area (Å²) in [6.07, 6.45) is 0. The molecule has 1 aromatic heterocycles. The quantitative estimate of drug-likeness (QED) is 0.793. The molecule has 0 saturated heterocycles. The van der Waals surface area contributed by atoms with E-state index in [0.717, 1.165) is 3.79 Å². The van der Waals surface area contributed by atoms with Gasteiger partial charge in [0.05, 0.1) is 9.47 Å². The highest BCUT2D eigenvalue weighted by Crippen LogP contribution is 2.31. The fraction of sp³-hybridized carbons (Fsp3) is 0.0909. The molecule has 2 rings (SSSR count). The number of hydrogen-bond acceptors (Lipinski definition) is 3. The van der Waals surface area contributed by atoms with E-state index < -0.39 is 10.0 Å². The highest BCUT2D eigenvalue weighted by molar-refractivity contribution is 9.11.